The van der Waals surface area contributed by atoms with Gasteiger partial charge in [-0.15, -0.1) is 0 Å². The highest BCUT2D eigenvalue weighted by molar-refractivity contribution is 7.98. The van der Waals surface area contributed by atoms with Gasteiger partial charge in [-0.25, -0.2) is 9.97 Å². The van der Waals surface area contributed by atoms with Gasteiger partial charge in [0.05, 0.1) is 11.4 Å². The highest BCUT2D eigenvalue weighted by Gasteiger charge is 2.14. The molecule has 2 rings (SSSR count). The summed E-state index contributed by atoms with van der Waals surface area (Å²) >= 11 is 1.51. The van der Waals surface area contributed by atoms with Gasteiger partial charge in [-0.05, 0) is 27.7 Å². The molecule has 0 aromatic carbocycles. The van der Waals surface area contributed by atoms with Crippen molar-refractivity contribution in [2.24, 2.45) is 0 Å². The third kappa shape index (κ3) is 2.76. The molecule has 0 aliphatic carbocycles. The van der Waals surface area contributed by atoms with Gasteiger partial charge in [0.2, 0.25) is 0 Å². The highest BCUT2D eigenvalue weighted by atomic mass is 32.2. The zero-order valence-corrected chi connectivity index (χ0v) is 12.1. The zero-order valence-electron chi connectivity index (χ0n) is 11.3. The Labute approximate surface area is 116 Å². The van der Waals surface area contributed by atoms with Crippen LogP contribution in [0.1, 0.15) is 34.1 Å². The molecule has 0 bridgehead atoms. The second-order valence-electron chi connectivity index (χ2n) is 4.24. The number of nitrogens with zero attached hydrogens (tertiary/aromatic N) is 4. The Kier molecular flexibility index (Phi) is 3.86. The van der Waals surface area contributed by atoms with E-state index in [0.29, 0.717) is 22.2 Å². The Morgan fingerprint density at radius 1 is 1.16 bits per heavy atom. The van der Waals surface area contributed by atoms with Crippen LogP contribution in [0.2, 0.25) is 0 Å². The fourth-order valence-corrected chi connectivity index (χ4v) is 2.99. The van der Waals surface area contributed by atoms with Crippen LogP contribution in [0.3, 0.4) is 0 Å². The first-order chi connectivity index (χ1) is 9.02. The predicted molar refractivity (Wildman–Crippen MR) is 71.8 cm³/mol. The molecule has 0 N–H and O–H groups in total. The van der Waals surface area contributed by atoms with Gasteiger partial charge in [0.15, 0.2) is 0 Å². The van der Waals surface area contributed by atoms with E-state index in [4.69, 9.17) is 4.52 Å². The Morgan fingerprint density at radius 3 is 2.47 bits per heavy atom. The van der Waals surface area contributed by atoms with Crippen molar-refractivity contribution >= 4 is 11.8 Å². The second kappa shape index (κ2) is 5.41. The Morgan fingerprint density at radius 2 is 1.89 bits per heavy atom. The zero-order chi connectivity index (χ0) is 14.0. The van der Waals surface area contributed by atoms with Crippen molar-refractivity contribution in [2.45, 2.75) is 38.5 Å². The highest BCUT2D eigenvalue weighted by Crippen LogP contribution is 2.28. The summed E-state index contributed by atoms with van der Waals surface area (Å²) in [5.74, 6) is 2.18. The summed E-state index contributed by atoms with van der Waals surface area (Å²) in [6.45, 7) is 7.45. The van der Waals surface area contributed by atoms with Crippen molar-refractivity contribution in [3.8, 4) is 6.07 Å². The molecule has 5 nitrogen and oxygen atoms in total. The van der Waals surface area contributed by atoms with E-state index in [9.17, 15) is 5.26 Å². The van der Waals surface area contributed by atoms with Gasteiger partial charge >= 0.3 is 0 Å². The van der Waals surface area contributed by atoms with Crippen LogP contribution in [0.15, 0.2) is 9.55 Å². The molecule has 2 aromatic heterocycles. The molecule has 0 aliphatic rings. The Balaban J connectivity index is 2.28. The SMILES string of the molecule is Cc1nc(C)c(C#N)c(SCc2c(C)noc2C)n1. The maximum absolute atomic E-state index is 9.18. The molecule has 0 fully saturated rings. The number of aromatic nitrogens is 3. The van der Waals surface area contributed by atoms with Crippen LogP contribution in [0.5, 0.6) is 0 Å². The van der Waals surface area contributed by atoms with Gasteiger partial charge < -0.3 is 4.52 Å². The van der Waals surface area contributed by atoms with Gasteiger partial charge in [0.25, 0.3) is 0 Å². The summed E-state index contributed by atoms with van der Waals surface area (Å²) in [7, 11) is 0. The summed E-state index contributed by atoms with van der Waals surface area (Å²) in [4.78, 5) is 8.55. The molecule has 0 saturated carbocycles. The molecule has 0 unspecified atom stereocenters. The minimum Gasteiger partial charge on any atom is -0.361 e. The van der Waals surface area contributed by atoms with Crippen molar-refractivity contribution < 1.29 is 4.52 Å². The molecule has 19 heavy (non-hydrogen) atoms. The van der Waals surface area contributed by atoms with Crippen LogP contribution < -0.4 is 0 Å². The first-order valence-electron chi connectivity index (χ1n) is 5.82. The molecule has 0 atom stereocenters. The first-order valence-corrected chi connectivity index (χ1v) is 6.81. The average molecular weight is 274 g/mol. The second-order valence-corrected chi connectivity index (χ2v) is 5.20. The quantitative estimate of drug-likeness (QED) is 0.632. The van der Waals surface area contributed by atoms with E-state index in [0.717, 1.165) is 22.7 Å². The topological polar surface area (TPSA) is 75.6 Å². The van der Waals surface area contributed by atoms with E-state index in [1.165, 1.54) is 11.8 Å². The van der Waals surface area contributed by atoms with E-state index in [1.54, 1.807) is 0 Å². The van der Waals surface area contributed by atoms with Crippen LogP contribution >= 0.6 is 11.8 Å². The number of thioether (sulfide) groups is 1. The van der Waals surface area contributed by atoms with Gasteiger partial charge in [0, 0.05) is 11.3 Å². The minimum absolute atomic E-state index is 0.544. The maximum Gasteiger partial charge on any atom is 0.137 e. The summed E-state index contributed by atoms with van der Waals surface area (Å²) in [6.07, 6.45) is 0. The lowest BCUT2D eigenvalue weighted by atomic mass is 10.2. The average Bonchev–Trinajstić information content (AvgIpc) is 2.66. The smallest absolute Gasteiger partial charge is 0.137 e. The van der Waals surface area contributed by atoms with Crippen molar-refractivity contribution in [3.05, 3.63) is 34.1 Å². The standard InChI is InChI=1S/C13H14N4OS/c1-7-11(5-14)13(16-10(4)15-7)19-6-12-8(2)17-18-9(12)3/h6H2,1-4H3. The molecular weight excluding hydrogens is 260 g/mol. The lowest BCUT2D eigenvalue weighted by Crippen LogP contribution is -1.99. The monoisotopic (exact) mass is 274 g/mol. The lowest BCUT2D eigenvalue weighted by Gasteiger charge is -2.06. The normalized spacial score (nSPS) is 10.5. The molecule has 0 spiro atoms. The van der Waals surface area contributed by atoms with Crippen LogP contribution in [0.4, 0.5) is 0 Å². The van der Waals surface area contributed by atoms with Gasteiger partial charge in [-0.3, -0.25) is 0 Å². The summed E-state index contributed by atoms with van der Waals surface area (Å²) < 4.78 is 5.13. The van der Waals surface area contributed by atoms with Crippen LogP contribution in [-0.2, 0) is 5.75 Å². The predicted octanol–water partition coefficient (Wildman–Crippen LogP) is 2.86. The minimum atomic E-state index is 0.544. The summed E-state index contributed by atoms with van der Waals surface area (Å²) in [5.41, 5.74) is 3.20. The first kappa shape index (κ1) is 13.6. The third-order valence-electron chi connectivity index (χ3n) is 2.81. The van der Waals surface area contributed by atoms with Crippen molar-refractivity contribution in [1.82, 2.24) is 15.1 Å². The third-order valence-corrected chi connectivity index (χ3v) is 3.82. The van der Waals surface area contributed by atoms with Crippen LogP contribution in [0.25, 0.3) is 0 Å². The van der Waals surface area contributed by atoms with Crippen molar-refractivity contribution in [3.63, 3.8) is 0 Å². The number of hydrogen-bond acceptors (Lipinski definition) is 6. The molecule has 0 amide bonds. The number of nitriles is 1. The number of hydrogen-bond donors (Lipinski definition) is 0. The molecule has 0 saturated heterocycles. The van der Waals surface area contributed by atoms with E-state index >= 15 is 0 Å². The fraction of sp³-hybridized carbons (Fsp3) is 0.385. The molecular formula is C13H14N4OS. The number of rotatable bonds is 3. The Bertz CT molecular complexity index is 638. The summed E-state index contributed by atoms with van der Waals surface area (Å²) in [5, 5.41) is 13.8. The van der Waals surface area contributed by atoms with E-state index in [1.807, 2.05) is 27.7 Å². The molecule has 98 valence electrons. The van der Waals surface area contributed by atoms with Crippen LogP contribution in [-0.4, -0.2) is 15.1 Å². The van der Waals surface area contributed by atoms with Crippen LogP contribution in [0, 0.1) is 39.0 Å². The van der Waals surface area contributed by atoms with Gasteiger partial charge in [-0.1, -0.05) is 16.9 Å². The van der Waals surface area contributed by atoms with E-state index in [2.05, 4.69) is 21.2 Å². The summed E-state index contributed by atoms with van der Waals surface area (Å²) in [6, 6.07) is 2.17. The molecule has 6 heteroatoms. The lowest BCUT2D eigenvalue weighted by molar-refractivity contribution is 0.392. The molecule has 0 radical (unpaired) electrons. The molecule has 0 aliphatic heterocycles. The fourth-order valence-electron chi connectivity index (χ4n) is 1.76. The number of aryl methyl sites for hydroxylation is 4. The van der Waals surface area contributed by atoms with E-state index < -0.39 is 0 Å². The van der Waals surface area contributed by atoms with Crippen molar-refractivity contribution in [2.75, 3.05) is 0 Å². The molecule has 2 heterocycles. The Hall–Kier alpha value is -1.87. The molecule has 2 aromatic rings. The maximum atomic E-state index is 9.18. The van der Waals surface area contributed by atoms with Gasteiger partial charge in [-0.2, -0.15) is 5.26 Å². The van der Waals surface area contributed by atoms with Crippen molar-refractivity contribution in [1.29, 1.82) is 5.26 Å². The largest absolute Gasteiger partial charge is 0.361 e. The van der Waals surface area contributed by atoms with Gasteiger partial charge in [0.1, 0.15) is 28.2 Å². The van der Waals surface area contributed by atoms with E-state index in [-0.39, 0.29) is 0 Å².